The second kappa shape index (κ2) is 6.78. The highest BCUT2D eigenvalue weighted by molar-refractivity contribution is 9.10. The van der Waals surface area contributed by atoms with Crippen LogP contribution in [0.4, 0.5) is 5.69 Å². The van der Waals surface area contributed by atoms with Gasteiger partial charge in [-0.1, -0.05) is 0 Å². The number of aromatic nitrogens is 2. The quantitative estimate of drug-likeness (QED) is 0.154. The highest BCUT2D eigenvalue weighted by atomic mass is 79.9. The Balaban J connectivity index is 2.17. The van der Waals surface area contributed by atoms with Gasteiger partial charge < -0.3 is 15.4 Å². The summed E-state index contributed by atoms with van der Waals surface area (Å²) in [7, 11) is 0. The van der Waals surface area contributed by atoms with Crippen LogP contribution >= 0.6 is 27.3 Å². The number of nitrogens with zero attached hydrogens (tertiary/aromatic N) is 3. The summed E-state index contributed by atoms with van der Waals surface area (Å²) in [6.07, 6.45) is 0. The molecule has 0 atom stereocenters. The number of hydrogen-bond donors (Lipinski definition) is 2. The fourth-order valence-corrected chi connectivity index (χ4v) is 4.49. The third-order valence-electron chi connectivity index (χ3n) is 4.45. The van der Waals surface area contributed by atoms with Crippen molar-refractivity contribution in [1.82, 2.24) is 4.98 Å². The molecule has 10 heteroatoms. The number of benzene rings is 1. The van der Waals surface area contributed by atoms with Crippen LogP contribution in [0, 0.1) is 36.1 Å². The van der Waals surface area contributed by atoms with Crippen LogP contribution in [-0.4, -0.2) is 20.1 Å². The molecule has 2 N–H and O–H groups in total. The van der Waals surface area contributed by atoms with Crippen molar-refractivity contribution in [3.05, 3.63) is 54.3 Å². The first-order chi connectivity index (χ1) is 12.6. The molecule has 2 aromatic heterocycles. The van der Waals surface area contributed by atoms with Crippen molar-refractivity contribution in [3.8, 4) is 33.3 Å². The lowest BCUT2D eigenvalue weighted by molar-refractivity contribution is -0.623. The van der Waals surface area contributed by atoms with Gasteiger partial charge in [0.1, 0.15) is 5.01 Å². The maximum Gasteiger partial charge on any atom is 0.315 e. The van der Waals surface area contributed by atoms with Crippen LogP contribution in [0.2, 0.25) is 0 Å². The van der Waals surface area contributed by atoms with Gasteiger partial charge in [-0.05, 0) is 25.5 Å². The van der Waals surface area contributed by atoms with Crippen molar-refractivity contribution in [2.24, 2.45) is 0 Å². The Morgan fingerprint density at radius 1 is 1.22 bits per heavy atom. The molecule has 27 heavy (non-hydrogen) atoms. The van der Waals surface area contributed by atoms with Crippen LogP contribution in [0.1, 0.15) is 16.8 Å². The van der Waals surface area contributed by atoms with E-state index in [4.69, 9.17) is 0 Å². The van der Waals surface area contributed by atoms with Crippen molar-refractivity contribution in [1.29, 1.82) is 0 Å². The number of hydrogen-bond acceptors (Lipinski definition) is 7. The number of halogens is 1. The molecule has 2 heterocycles. The number of phenols is 2. The normalized spacial score (nSPS) is 11.0. The van der Waals surface area contributed by atoms with E-state index < -0.39 is 22.1 Å². The van der Waals surface area contributed by atoms with E-state index in [1.807, 2.05) is 13.8 Å². The number of nitro benzene ring substituents is 1. The maximum absolute atomic E-state index is 12.3. The summed E-state index contributed by atoms with van der Waals surface area (Å²) in [6, 6.07) is 2.35. The van der Waals surface area contributed by atoms with E-state index in [0.29, 0.717) is 26.6 Å². The summed E-state index contributed by atoms with van der Waals surface area (Å²) >= 11 is 4.59. The Morgan fingerprint density at radius 2 is 1.89 bits per heavy atom. The third-order valence-corrected chi connectivity index (χ3v) is 6.03. The topological polar surface area (TPSA) is 123 Å². The molecular formula is C17H14BrN3O5S. The maximum atomic E-state index is 12.3. The van der Waals surface area contributed by atoms with E-state index in [2.05, 4.69) is 20.9 Å². The average Bonchev–Trinajstić information content (AvgIpc) is 3.10. The van der Waals surface area contributed by atoms with Gasteiger partial charge in [-0.2, -0.15) is 4.73 Å². The van der Waals surface area contributed by atoms with Gasteiger partial charge in [0.05, 0.1) is 16.2 Å². The van der Waals surface area contributed by atoms with Gasteiger partial charge >= 0.3 is 5.69 Å². The number of phenolic OH excluding ortho intramolecular Hbond substituents is 2. The van der Waals surface area contributed by atoms with Crippen molar-refractivity contribution in [3.63, 3.8) is 0 Å². The lowest BCUT2D eigenvalue weighted by Crippen LogP contribution is -2.34. The predicted octanol–water partition coefficient (Wildman–Crippen LogP) is 4.12. The van der Waals surface area contributed by atoms with Gasteiger partial charge in [-0.25, -0.2) is 4.98 Å². The van der Waals surface area contributed by atoms with Crippen LogP contribution < -0.4 is 4.73 Å². The molecule has 0 radical (unpaired) electrons. The number of thiazole rings is 1. The fourth-order valence-electron chi connectivity index (χ4n) is 2.68. The molecule has 0 aliphatic heterocycles. The number of nitro groups is 1. The summed E-state index contributed by atoms with van der Waals surface area (Å²) in [5, 5.41) is 45.0. The standard InChI is InChI=1S/C17H14BrN3O5S/c1-7-8(2)14(16(18)20(24)9(7)3)17-19-11(6-27-17)10-4-12(21(25)26)15(23)13(22)5-10/h4-6,22-23H,1-3H3. The molecule has 0 aliphatic rings. The number of aromatic hydroxyl groups is 2. The van der Waals surface area contributed by atoms with Gasteiger partial charge in [0.25, 0.3) is 4.60 Å². The summed E-state index contributed by atoms with van der Waals surface area (Å²) in [6.45, 7) is 5.47. The minimum absolute atomic E-state index is 0.284. The molecule has 0 fully saturated rings. The summed E-state index contributed by atoms with van der Waals surface area (Å²) in [5.74, 6) is -1.39. The molecule has 0 bridgehead atoms. The van der Waals surface area contributed by atoms with Gasteiger partial charge in [-0.15, -0.1) is 11.3 Å². The van der Waals surface area contributed by atoms with Gasteiger partial charge in [-0.3, -0.25) is 10.1 Å². The number of pyridine rings is 1. The summed E-state index contributed by atoms with van der Waals surface area (Å²) in [5.41, 5.74) is 3.02. The zero-order valence-electron chi connectivity index (χ0n) is 14.5. The molecule has 0 aliphatic carbocycles. The molecule has 140 valence electrons. The van der Waals surface area contributed by atoms with Gasteiger partial charge in [0.15, 0.2) is 11.4 Å². The Hall–Kier alpha value is -2.72. The monoisotopic (exact) mass is 451 g/mol. The Bertz CT molecular complexity index is 1070. The zero-order chi connectivity index (χ0) is 20.0. The molecular weight excluding hydrogens is 438 g/mol. The molecule has 0 spiro atoms. The van der Waals surface area contributed by atoms with E-state index in [1.54, 1.807) is 12.3 Å². The van der Waals surface area contributed by atoms with Crippen LogP contribution in [0.15, 0.2) is 22.1 Å². The van der Waals surface area contributed by atoms with Crippen LogP contribution in [-0.2, 0) is 0 Å². The third kappa shape index (κ3) is 3.10. The summed E-state index contributed by atoms with van der Waals surface area (Å²) < 4.78 is 1.12. The Labute approximate surface area is 166 Å². The van der Waals surface area contributed by atoms with Crippen LogP contribution in [0.3, 0.4) is 0 Å². The SMILES string of the molecule is Cc1c(C)c(C)[n+]([O-])c(Br)c1-c1nc(-c2cc(O)c(O)c([N+](=O)[O-])c2)cs1. The lowest BCUT2D eigenvalue weighted by Gasteiger charge is -2.12. The van der Waals surface area contributed by atoms with Crippen molar-refractivity contribution in [2.75, 3.05) is 0 Å². The second-order valence-corrected chi connectivity index (χ2v) is 7.56. The largest absolute Gasteiger partial charge is 0.618 e. The minimum Gasteiger partial charge on any atom is -0.618 e. The molecule has 0 saturated carbocycles. The zero-order valence-corrected chi connectivity index (χ0v) is 16.9. The van der Waals surface area contributed by atoms with Gasteiger partial charge in [0, 0.05) is 45.4 Å². The first kappa shape index (κ1) is 19.1. The summed E-state index contributed by atoms with van der Waals surface area (Å²) in [4.78, 5) is 14.7. The van der Waals surface area contributed by atoms with E-state index in [0.717, 1.165) is 21.9 Å². The van der Waals surface area contributed by atoms with E-state index in [-0.39, 0.29) is 5.56 Å². The first-order valence-corrected chi connectivity index (χ1v) is 9.36. The van der Waals surface area contributed by atoms with Crippen LogP contribution in [0.25, 0.3) is 21.8 Å². The second-order valence-electron chi connectivity index (χ2n) is 5.95. The van der Waals surface area contributed by atoms with Crippen LogP contribution in [0.5, 0.6) is 11.5 Å². The molecule has 3 rings (SSSR count). The Kier molecular flexibility index (Phi) is 4.79. The molecule has 3 aromatic rings. The highest BCUT2D eigenvalue weighted by Gasteiger charge is 2.25. The number of rotatable bonds is 3. The predicted molar refractivity (Wildman–Crippen MR) is 104 cm³/mol. The van der Waals surface area contributed by atoms with E-state index >= 15 is 0 Å². The molecule has 0 saturated heterocycles. The molecule has 8 nitrogen and oxygen atoms in total. The molecule has 0 unspecified atom stereocenters. The highest BCUT2D eigenvalue weighted by Crippen LogP contribution is 2.41. The average molecular weight is 452 g/mol. The first-order valence-electron chi connectivity index (χ1n) is 7.69. The minimum atomic E-state index is -0.792. The molecule has 1 aromatic carbocycles. The van der Waals surface area contributed by atoms with E-state index in [9.17, 15) is 25.5 Å². The molecule has 0 amide bonds. The van der Waals surface area contributed by atoms with Crippen molar-refractivity contribution < 1.29 is 19.9 Å². The van der Waals surface area contributed by atoms with Gasteiger partial charge in [0.2, 0.25) is 5.75 Å². The lowest BCUT2D eigenvalue weighted by atomic mass is 10.0. The fraction of sp³-hybridized carbons (Fsp3) is 0.176. The van der Waals surface area contributed by atoms with E-state index in [1.165, 1.54) is 17.4 Å². The van der Waals surface area contributed by atoms with Crippen molar-refractivity contribution in [2.45, 2.75) is 20.8 Å². The van der Waals surface area contributed by atoms with Crippen molar-refractivity contribution >= 4 is 33.0 Å². The smallest absolute Gasteiger partial charge is 0.315 e. The Morgan fingerprint density at radius 3 is 2.52 bits per heavy atom.